The van der Waals surface area contributed by atoms with Gasteiger partial charge < -0.3 is 9.73 Å². The zero-order chi connectivity index (χ0) is 10.5. The van der Waals surface area contributed by atoms with E-state index in [1.54, 1.807) is 6.26 Å². The summed E-state index contributed by atoms with van der Waals surface area (Å²) in [5, 5.41) is 3.11. The molecule has 0 spiro atoms. The van der Waals surface area contributed by atoms with Crippen molar-refractivity contribution < 1.29 is 4.42 Å². The van der Waals surface area contributed by atoms with Crippen molar-refractivity contribution in [3.05, 3.63) is 17.8 Å². The molecule has 1 aromatic rings. The van der Waals surface area contributed by atoms with Crippen LogP contribution in [0.5, 0.6) is 0 Å². The summed E-state index contributed by atoms with van der Waals surface area (Å²) in [6, 6.07) is 0. The maximum absolute atomic E-state index is 5.48. The fourth-order valence-electron chi connectivity index (χ4n) is 1.80. The molecule has 15 heavy (non-hydrogen) atoms. The number of nitrogens with one attached hydrogen (secondary N) is 1. The highest BCUT2D eigenvalue weighted by Gasteiger charge is 2.18. The average Bonchev–Trinajstić information content (AvgIpc) is 2.87. The molecule has 1 N–H and O–H groups in total. The van der Waals surface area contributed by atoms with Crippen molar-refractivity contribution >= 4 is 11.8 Å². The van der Waals surface area contributed by atoms with E-state index < -0.39 is 0 Å². The summed E-state index contributed by atoms with van der Waals surface area (Å²) < 4.78 is 5.48. The second kappa shape index (κ2) is 5.56. The van der Waals surface area contributed by atoms with Crippen molar-refractivity contribution in [2.45, 2.75) is 19.3 Å². The molecule has 1 saturated heterocycles. The van der Waals surface area contributed by atoms with Crippen LogP contribution in [-0.4, -0.2) is 30.1 Å². The van der Waals surface area contributed by atoms with Crippen LogP contribution in [0.1, 0.15) is 18.0 Å². The first-order chi connectivity index (χ1) is 7.38. The van der Waals surface area contributed by atoms with E-state index in [0.29, 0.717) is 0 Å². The number of hydrogen-bond acceptors (Lipinski definition) is 4. The molecule has 2 rings (SSSR count). The first kappa shape index (κ1) is 11.0. The van der Waals surface area contributed by atoms with Crippen molar-refractivity contribution in [2.24, 2.45) is 5.92 Å². The van der Waals surface area contributed by atoms with E-state index in [1.165, 1.54) is 17.9 Å². The Kier molecular flexibility index (Phi) is 4.09. The van der Waals surface area contributed by atoms with E-state index in [0.717, 1.165) is 36.9 Å². The van der Waals surface area contributed by atoms with Crippen molar-refractivity contribution in [3.63, 3.8) is 0 Å². The second-order valence-corrected chi connectivity index (χ2v) is 5.17. The molecule has 84 valence electrons. The minimum atomic E-state index is 0.783. The predicted octanol–water partition coefficient (Wildman–Crippen LogP) is 1.73. The van der Waals surface area contributed by atoms with E-state index in [4.69, 9.17) is 4.42 Å². The molecule has 0 aliphatic carbocycles. The molecule has 4 heteroatoms. The SMILES string of the molecule is CNCCc1coc(CC2CCSC2)n1. The third-order valence-electron chi connectivity index (χ3n) is 2.72. The predicted molar refractivity (Wildman–Crippen MR) is 63.3 cm³/mol. The first-order valence-electron chi connectivity index (χ1n) is 5.54. The van der Waals surface area contributed by atoms with Gasteiger partial charge in [0, 0.05) is 19.4 Å². The lowest BCUT2D eigenvalue weighted by atomic mass is 10.1. The minimum absolute atomic E-state index is 0.783. The van der Waals surface area contributed by atoms with Gasteiger partial charge in [-0.3, -0.25) is 0 Å². The molecule has 0 radical (unpaired) electrons. The molecule has 2 heterocycles. The number of oxazole rings is 1. The number of nitrogens with zero attached hydrogens (tertiary/aromatic N) is 1. The number of hydrogen-bond donors (Lipinski definition) is 1. The maximum atomic E-state index is 5.48. The van der Waals surface area contributed by atoms with E-state index in [1.807, 2.05) is 18.8 Å². The van der Waals surface area contributed by atoms with Crippen LogP contribution in [0, 0.1) is 5.92 Å². The van der Waals surface area contributed by atoms with Crippen LogP contribution >= 0.6 is 11.8 Å². The van der Waals surface area contributed by atoms with Crippen LogP contribution < -0.4 is 5.32 Å². The number of thioether (sulfide) groups is 1. The number of rotatable bonds is 5. The van der Waals surface area contributed by atoms with Crippen LogP contribution in [0.3, 0.4) is 0 Å². The van der Waals surface area contributed by atoms with Crippen molar-refractivity contribution in [1.82, 2.24) is 10.3 Å². The highest BCUT2D eigenvalue weighted by atomic mass is 32.2. The van der Waals surface area contributed by atoms with Gasteiger partial charge in [-0.25, -0.2) is 4.98 Å². The molecule has 1 aliphatic rings. The van der Waals surface area contributed by atoms with Crippen molar-refractivity contribution in [1.29, 1.82) is 0 Å². The van der Waals surface area contributed by atoms with Gasteiger partial charge in [0.2, 0.25) is 0 Å². The van der Waals surface area contributed by atoms with E-state index in [2.05, 4.69) is 10.3 Å². The topological polar surface area (TPSA) is 38.1 Å². The number of aromatic nitrogens is 1. The summed E-state index contributed by atoms with van der Waals surface area (Å²) in [6.07, 6.45) is 5.10. The molecule has 0 amide bonds. The average molecular weight is 226 g/mol. The minimum Gasteiger partial charge on any atom is -0.449 e. The van der Waals surface area contributed by atoms with Crippen LogP contribution in [-0.2, 0) is 12.8 Å². The van der Waals surface area contributed by atoms with Crippen LogP contribution in [0.15, 0.2) is 10.7 Å². The molecule has 1 aromatic heterocycles. The summed E-state index contributed by atoms with van der Waals surface area (Å²) in [5.41, 5.74) is 1.07. The van der Waals surface area contributed by atoms with Crippen LogP contribution in [0.4, 0.5) is 0 Å². The smallest absolute Gasteiger partial charge is 0.194 e. The largest absolute Gasteiger partial charge is 0.449 e. The summed E-state index contributed by atoms with van der Waals surface area (Å²) in [6.45, 7) is 0.964. The van der Waals surface area contributed by atoms with Gasteiger partial charge in [0.15, 0.2) is 5.89 Å². The first-order valence-corrected chi connectivity index (χ1v) is 6.69. The van der Waals surface area contributed by atoms with Gasteiger partial charge in [-0.15, -0.1) is 0 Å². The van der Waals surface area contributed by atoms with Gasteiger partial charge in [-0.1, -0.05) is 0 Å². The highest BCUT2D eigenvalue weighted by Crippen LogP contribution is 2.26. The normalized spacial score (nSPS) is 21.0. The van der Waals surface area contributed by atoms with Gasteiger partial charge in [0.05, 0.1) is 5.69 Å². The molecule has 1 fully saturated rings. The Morgan fingerprint density at radius 3 is 3.33 bits per heavy atom. The molecule has 1 aliphatic heterocycles. The summed E-state index contributed by atoms with van der Waals surface area (Å²) >= 11 is 2.04. The zero-order valence-electron chi connectivity index (χ0n) is 9.16. The lowest BCUT2D eigenvalue weighted by molar-refractivity contribution is 0.447. The second-order valence-electron chi connectivity index (χ2n) is 4.02. The lowest BCUT2D eigenvalue weighted by Gasteiger charge is -2.02. The van der Waals surface area contributed by atoms with E-state index >= 15 is 0 Å². The number of likely N-dealkylation sites (N-methyl/N-ethyl adjacent to an activating group) is 1. The summed E-state index contributed by atoms with van der Waals surface area (Å²) in [7, 11) is 1.96. The third kappa shape index (κ3) is 3.24. The standard InChI is InChI=1S/C11H18N2OS/c1-12-4-2-10-7-14-11(13-10)6-9-3-5-15-8-9/h7,9,12H,2-6,8H2,1H3. The fourth-order valence-corrected chi connectivity index (χ4v) is 3.09. The van der Waals surface area contributed by atoms with Crippen LogP contribution in [0.25, 0.3) is 0 Å². The monoisotopic (exact) mass is 226 g/mol. The maximum Gasteiger partial charge on any atom is 0.194 e. The molecule has 3 nitrogen and oxygen atoms in total. The van der Waals surface area contributed by atoms with Gasteiger partial charge >= 0.3 is 0 Å². The Hall–Kier alpha value is -0.480. The van der Waals surface area contributed by atoms with Crippen molar-refractivity contribution in [3.8, 4) is 0 Å². The summed E-state index contributed by atoms with van der Waals surface area (Å²) in [5.74, 6) is 4.28. The van der Waals surface area contributed by atoms with Gasteiger partial charge in [0.1, 0.15) is 6.26 Å². The van der Waals surface area contributed by atoms with E-state index in [9.17, 15) is 0 Å². The molecule has 0 saturated carbocycles. The fraction of sp³-hybridized carbons (Fsp3) is 0.727. The molecular weight excluding hydrogens is 208 g/mol. The van der Waals surface area contributed by atoms with Gasteiger partial charge in [0.25, 0.3) is 0 Å². The third-order valence-corrected chi connectivity index (χ3v) is 3.95. The Labute approximate surface area is 95.0 Å². The molecule has 0 bridgehead atoms. The van der Waals surface area contributed by atoms with Crippen molar-refractivity contribution in [2.75, 3.05) is 25.1 Å². The quantitative estimate of drug-likeness (QED) is 0.830. The highest BCUT2D eigenvalue weighted by molar-refractivity contribution is 7.99. The van der Waals surface area contributed by atoms with Gasteiger partial charge in [-0.05, 0) is 30.9 Å². The molecule has 1 atom stereocenters. The zero-order valence-corrected chi connectivity index (χ0v) is 9.98. The molecule has 0 aromatic carbocycles. The van der Waals surface area contributed by atoms with E-state index in [-0.39, 0.29) is 0 Å². The summed E-state index contributed by atoms with van der Waals surface area (Å²) in [4.78, 5) is 4.50. The van der Waals surface area contributed by atoms with Gasteiger partial charge in [-0.2, -0.15) is 11.8 Å². The molecule has 1 unspecified atom stereocenters. The Morgan fingerprint density at radius 1 is 1.67 bits per heavy atom. The lowest BCUT2D eigenvalue weighted by Crippen LogP contribution is -2.10. The Bertz CT molecular complexity index is 295. The molecular formula is C11H18N2OS. The Morgan fingerprint density at radius 2 is 2.60 bits per heavy atom. The Balaban J connectivity index is 1.83. The van der Waals surface area contributed by atoms with Crippen LogP contribution in [0.2, 0.25) is 0 Å².